The minimum Gasteiger partial charge on any atom is -0.370 e. The van der Waals surface area contributed by atoms with Crippen molar-refractivity contribution in [1.82, 2.24) is 0 Å². The number of hydrogen-bond donors (Lipinski definition) is 1. The lowest BCUT2D eigenvalue weighted by Crippen LogP contribution is -2.09. The molecule has 2 N–H and O–H groups in total. The van der Waals surface area contributed by atoms with Gasteiger partial charge in [0.25, 0.3) is 0 Å². The number of halogens is 1. The highest BCUT2D eigenvalue weighted by Gasteiger charge is 1.96. The molecular formula is C18H36ClNO. The summed E-state index contributed by atoms with van der Waals surface area (Å²) >= 11 is 5.65. The van der Waals surface area contributed by atoms with Gasteiger partial charge in [-0.3, -0.25) is 4.79 Å². The number of amides is 1. The second kappa shape index (κ2) is 17.8. The first-order valence-corrected chi connectivity index (χ1v) is 9.65. The molecule has 126 valence electrons. The summed E-state index contributed by atoms with van der Waals surface area (Å²) in [4.78, 5) is 10.6. The standard InChI is InChI=1S/C18H36ClNO/c19-17-15-13-11-9-7-5-3-1-2-4-6-8-10-12-14-16-18(20)21/h1-17H2,(H2,20,21). The minimum atomic E-state index is -0.158. The lowest BCUT2D eigenvalue weighted by atomic mass is 10.0. The molecule has 0 atom stereocenters. The number of unbranched alkanes of at least 4 members (excludes halogenated alkanes) is 14. The number of carbonyl (C=O) groups excluding carboxylic acids is 1. The third kappa shape index (κ3) is 19.8. The first kappa shape index (κ1) is 20.8. The second-order valence-corrected chi connectivity index (χ2v) is 6.59. The highest BCUT2D eigenvalue weighted by Crippen LogP contribution is 2.13. The van der Waals surface area contributed by atoms with Crippen molar-refractivity contribution in [1.29, 1.82) is 0 Å². The summed E-state index contributed by atoms with van der Waals surface area (Å²) in [5.74, 6) is 0.666. The molecule has 21 heavy (non-hydrogen) atoms. The Kier molecular flexibility index (Phi) is 17.6. The van der Waals surface area contributed by atoms with E-state index in [4.69, 9.17) is 17.3 Å². The maximum absolute atomic E-state index is 10.6. The molecule has 0 rings (SSSR count). The van der Waals surface area contributed by atoms with Crippen LogP contribution in [-0.4, -0.2) is 11.8 Å². The Morgan fingerprint density at radius 3 is 1.14 bits per heavy atom. The average Bonchev–Trinajstić information content (AvgIpc) is 2.46. The number of primary amides is 1. The first-order chi connectivity index (χ1) is 10.3. The van der Waals surface area contributed by atoms with Gasteiger partial charge in [-0.1, -0.05) is 83.5 Å². The van der Waals surface area contributed by atoms with Crippen LogP contribution in [0.3, 0.4) is 0 Å². The maximum atomic E-state index is 10.6. The molecule has 0 bridgehead atoms. The van der Waals surface area contributed by atoms with E-state index in [1.807, 2.05) is 0 Å². The van der Waals surface area contributed by atoms with Gasteiger partial charge in [0.15, 0.2) is 0 Å². The van der Waals surface area contributed by atoms with E-state index in [-0.39, 0.29) is 5.91 Å². The van der Waals surface area contributed by atoms with Crippen LogP contribution >= 0.6 is 11.6 Å². The van der Waals surface area contributed by atoms with Crippen LogP contribution in [0.4, 0.5) is 0 Å². The fourth-order valence-corrected chi connectivity index (χ4v) is 2.88. The molecular weight excluding hydrogens is 282 g/mol. The van der Waals surface area contributed by atoms with Crippen molar-refractivity contribution >= 4 is 17.5 Å². The number of alkyl halides is 1. The summed E-state index contributed by atoms with van der Waals surface area (Å²) in [6, 6.07) is 0. The molecule has 0 aliphatic heterocycles. The van der Waals surface area contributed by atoms with E-state index < -0.39 is 0 Å². The predicted molar refractivity (Wildman–Crippen MR) is 93.8 cm³/mol. The van der Waals surface area contributed by atoms with Crippen LogP contribution in [0.25, 0.3) is 0 Å². The average molecular weight is 318 g/mol. The largest absolute Gasteiger partial charge is 0.370 e. The van der Waals surface area contributed by atoms with Crippen molar-refractivity contribution in [3.63, 3.8) is 0 Å². The normalized spacial score (nSPS) is 10.9. The van der Waals surface area contributed by atoms with Crippen molar-refractivity contribution in [2.45, 2.75) is 103 Å². The van der Waals surface area contributed by atoms with Crippen LogP contribution in [0, 0.1) is 0 Å². The summed E-state index contributed by atoms with van der Waals surface area (Å²) in [5, 5.41) is 0. The van der Waals surface area contributed by atoms with E-state index in [0.29, 0.717) is 6.42 Å². The topological polar surface area (TPSA) is 43.1 Å². The van der Waals surface area contributed by atoms with Crippen LogP contribution < -0.4 is 5.73 Å². The molecule has 0 saturated heterocycles. The van der Waals surface area contributed by atoms with Crippen molar-refractivity contribution < 1.29 is 4.79 Å². The molecule has 0 unspecified atom stereocenters. The van der Waals surface area contributed by atoms with E-state index in [1.54, 1.807) is 0 Å². The zero-order valence-electron chi connectivity index (χ0n) is 13.9. The van der Waals surface area contributed by atoms with Gasteiger partial charge in [0.05, 0.1) is 0 Å². The fraction of sp³-hybridized carbons (Fsp3) is 0.944. The first-order valence-electron chi connectivity index (χ1n) is 9.11. The van der Waals surface area contributed by atoms with E-state index in [1.165, 1.54) is 83.5 Å². The molecule has 0 saturated carbocycles. The molecule has 1 amide bonds. The molecule has 0 spiro atoms. The summed E-state index contributed by atoms with van der Waals surface area (Å²) in [5.41, 5.74) is 5.11. The lowest BCUT2D eigenvalue weighted by molar-refractivity contribution is -0.118. The van der Waals surface area contributed by atoms with Gasteiger partial charge < -0.3 is 5.73 Å². The third-order valence-corrected chi connectivity index (χ3v) is 4.32. The van der Waals surface area contributed by atoms with E-state index >= 15 is 0 Å². The van der Waals surface area contributed by atoms with Crippen molar-refractivity contribution in [2.24, 2.45) is 5.73 Å². The lowest BCUT2D eigenvalue weighted by Gasteiger charge is -2.03. The molecule has 0 aromatic heterocycles. The molecule has 0 aromatic carbocycles. The van der Waals surface area contributed by atoms with Gasteiger partial charge in [0.2, 0.25) is 5.91 Å². The minimum absolute atomic E-state index is 0.158. The zero-order valence-corrected chi connectivity index (χ0v) is 14.6. The van der Waals surface area contributed by atoms with Crippen molar-refractivity contribution in [3.8, 4) is 0 Å². The van der Waals surface area contributed by atoms with Crippen LogP contribution in [0.5, 0.6) is 0 Å². The highest BCUT2D eigenvalue weighted by molar-refractivity contribution is 6.17. The predicted octanol–water partition coefficient (Wildman–Crippen LogP) is 5.95. The van der Waals surface area contributed by atoms with Gasteiger partial charge in [-0.25, -0.2) is 0 Å². The van der Waals surface area contributed by atoms with Gasteiger partial charge in [-0.15, -0.1) is 11.6 Å². The summed E-state index contributed by atoms with van der Waals surface area (Å²) in [6.07, 6.45) is 20.3. The molecule has 0 heterocycles. The van der Waals surface area contributed by atoms with Crippen molar-refractivity contribution in [2.75, 3.05) is 5.88 Å². The Bertz CT molecular complexity index is 221. The SMILES string of the molecule is NC(=O)CCCCCCCCCCCCCCCCCCl. The Morgan fingerprint density at radius 1 is 0.571 bits per heavy atom. The zero-order chi connectivity index (χ0) is 15.6. The summed E-state index contributed by atoms with van der Waals surface area (Å²) in [7, 11) is 0. The Hall–Kier alpha value is -0.240. The monoisotopic (exact) mass is 317 g/mol. The van der Waals surface area contributed by atoms with Crippen molar-refractivity contribution in [3.05, 3.63) is 0 Å². The maximum Gasteiger partial charge on any atom is 0.217 e. The molecule has 0 aliphatic rings. The molecule has 0 aromatic rings. The Balaban J connectivity index is 2.95. The van der Waals surface area contributed by atoms with Crippen LogP contribution in [0.2, 0.25) is 0 Å². The summed E-state index contributed by atoms with van der Waals surface area (Å²) in [6.45, 7) is 0. The number of nitrogens with two attached hydrogens (primary N) is 1. The van der Waals surface area contributed by atoms with E-state index in [0.717, 1.165) is 18.7 Å². The quantitative estimate of drug-likeness (QED) is 0.261. The van der Waals surface area contributed by atoms with Gasteiger partial charge >= 0.3 is 0 Å². The number of rotatable bonds is 17. The van der Waals surface area contributed by atoms with Gasteiger partial charge in [-0.2, -0.15) is 0 Å². The second-order valence-electron chi connectivity index (χ2n) is 6.21. The van der Waals surface area contributed by atoms with Crippen LogP contribution in [0.15, 0.2) is 0 Å². The summed E-state index contributed by atoms with van der Waals surface area (Å²) < 4.78 is 0. The molecule has 3 heteroatoms. The van der Waals surface area contributed by atoms with E-state index in [9.17, 15) is 4.79 Å². The molecule has 0 aliphatic carbocycles. The highest BCUT2D eigenvalue weighted by atomic mass is 35.5. The van der Waals surface area contributed by atoms with Gasteiger partial charge in [-0.05, 0) is 12.8 Å². The number of hydrogen-bond acceptors (Lipinski definition) is 1. The van der Waals surface area contributed by atoms with Crippen LogP contribution in [-0.2, 0) is 4.79 Å². The smallest absolute Gasteiger partial charge is 0.217 e. The van der Waals surface area contributed by atoms with Gasteiger partial charge in [0, 0.05) is 12.3 Å². The van der Waals surface area contributed by atoms with E-state index in [2.05, 4.69) is 0 Å². The molecule has 2 nitrogen and oxygen atoms in total. The molecule has 0 radical (unpaired) electrons. The third-order valence-electron chi connectivity index (χ3n) is 4.06. The van der Waals surface area contributed by atoms with Gasteiger partial charge in [0.1, 0.15) is 0 Å². The number of carbonyl (C=O) groups is 1. The fourth-order valence-electron chi connectivity index (χ4n) is 2.69. The van der Waals surface area contributed by atoms with Crippen LogP contribution in [0.1, 0.15) is 103 Å². The Labute approximate surface area is 137 Å². The Morgan fingerprint density at radius 2 is 0.857 bits per heavy atom. The molecule has 0 fully saturated rings.